The van der Waals surface area contributed by atoms with Crippen LogP contribution in [0.2, 0.25) is 0 Å². The van der Waals surface area contributed by atoms with Gasteiger partial charge in [-0.1, -0.05) is 6.08 Å². The highest BCUT2D eigenvalue weighted by atomic mass is 32.1. The van der Waals surface area contributed by atoms with Crippen molar-refractivity contribution in [2.75, 3.05) is 5.32 Å². The number of fused-ring (bicyclic) bond motifs is 3. The van der Waals surface area contributed by atoms with Crippen LogP contribution < -0.4 is 10.9 Å². The van der Waals surface area contributed by atoms with Gasteiger partial charge in [0, 0.05) is 11.4 Å². The van der Waals surface area contributed by atoms with Crippen molar-refractivity contribution in [1.29, 1.82) is 0 Å². The monoisotopic (exact) mass is 355 g/mol. The standard InChI is InChI=1S/C19H21N3O2S/c1-3-10-22-18(23)16-14-6-4-5-7-15(14)25-17(16)21-19(22)20-11-13-9-8-12(2)24-13/h3,8-9H,1,4-7,10-11H2,2H3,(H,20,21). The fourth-order valence-electron chi connectivity index (χ4n) is 3.42. The molecule has 0 saturated carbocycles. The third-order valence-corrected chi connectivity index (χ3v) is 5.79. The Morgan fingerprint density at radius 3 is 3.00 bits per heavy atom. The number of nitrogens with zero attached hydrogens (tertiary/aromatic N) is 2. The molecule has 6 heteroatoms. The molecule has 4 rings (SSSR count). The van der Waals surface area contributed by atoms with E-state index < -0.39 is 0 Å². The summed E-state index contributed by atoms with van der Waals surface area (Å²) < 4.78 is 7.27. The van der Waals surface area contributed by atoms with Crippen molar-refractivity contribution in [2.24, 2.45) is 0 Å². The summed E-state index contributed by atoms with van der Waals surface area (Å²) in [6, 6.07) is 3.86. The molecule has 0 radical (unpaired) electrons. The Bertz CT molecular complexity index is 996. The molecule has 3 heterocycles. The molecule has 25 heavy (non-hydrogen) atoms. The Morgan fingerprint density at radius 2 is 2.24 bits per heavy atom. The molecule has 5 nitrogen and oxygen atoms in total. The predicted octanol–water partition coefficient (Wildman–Crippen LogP) is 4.04. The number of aromatic nitrogens is 2. The van der Waals surface area contributed by atoms with E-state index in [2.05, 4.69) is 11.9 Å². The molecular formula is C19H21N3O2S. The molecule has 1 aliphatic rings. The maximum absolute atomic E-state index is 13.1. The predicted molar refractivity (Wildman–Crippen MR) is 101 cm³/mol. The molecule has 0 aliphatic heterocycles. The van der Waals surface area contributed by atoms with Crippen LogP contribution in [0, 0.1) is 6.92 Å². The minimum absolute atomic E-state index is 0.0300. The first kappa shape index (κ1) is 16.1. The van der Waals surface area contributed by atoms with Gasteiger partial charge in [-0.3, -0.25) is 9.36 Å². The Hall–Kier alpha value is -2.34. The number of rotatable bonds is 5. The van der Waals surface area contributed by atoms with Gasteiger partial charge in [-0.05, 0) is 50.3 Å². The topological polar surface area (TPSA) is 60.1 Å². The largest absolute Gasteiger partial charge is 0.465 e. The van der Waals surface area contributed by atoms with Gasteiger partial charge in [-0.15, -0.1) is 17.9 Å². The Morgan fingerprint density at radius 1 is 1.40 bits per heavy atom. The molecule has 0 spiro atoms. The molecule has 0 unspecified atom stereocenters. The lowest BCUT2D eigenvalue weighted by Crippen LogP contribution is -2.25. The van der Waals surface area contributed by atoms with Gasteiger partial charge in [0.2, 0.25) is 5.95 Å². The maximum atomic E-state index is 13.1. The molecule has 0 aromatic carbocycles. The summed E-state index contributed by atoms with van der Waals surface area (Å²) in [5, 5.41) is 4.06. The molecule has 1 aliphatic carbocycles. The lowest BCUT2D eigenvalue weighted by molar-refractivity contribution is 0.489. The van der Waals surface area contributed by atoms with Crippen molar-refractivity contribution in [3.63, 3.8) is 0 Å². The number of anilines is 1. The normalized spacial score (nSPS) is 13.8. The van der Waals surface area contributed by atoms with E-state index in [1.165, 1.54) is 16.9 Å². The third kappa shape index (κ3) is 2.91. The van der Waals surface area contributed by atoms with Crippen LogP contribution in [0.3, 0.4) is 0 Å². The zero-order valence-corrected chi connectivity index (χ0v) is 15.1. The van der Waals surface area contributed by atoms with Crippen molar-refractivity contribution in [3.8, 4) is 0 Å². The van der Waals surface area contributed by atoms with E-state index in [0.717, 1.165) is 41.0 Å². The minimum Gasteiger partial charge on any atom is -0.465 e. The zero-order chi connectivity index (χ0) is 17.4. The number of thiophene rings is 1. The molecule has 3 aromatic rings. The van der Waals surface area contributed by atoms with Crippen molar-refractivity contribution in [3.05, 3.63) is 57.1 Å². The quantitative estimate of drug-likeness (QED) is 0.702. The maximum Gasteiger partial charge on any atom is 0.264 e. The lowest BCUT2D eigenvalue weighted by Gasteiger charge is -2.13. The molecule has 0 fully saturated rings. The van der Waals surface area contributed by atoms with Gasteiger partial charge >= 0.3 is 0 Å². The van der Waals surface area contributed by atoms with E-state index in [1.54, 1.807) is 22.0 Å². The Balaban J connectivity index is 1.78. The van der Waals surface area contributed by atoms with E-state index in [-0.39, 0.29) is 5.56 Å². The first-order valence-corrected chi connectivity index (χ1v) is 9.44. The van der Waals surface area contributed by atoms with E-state index >= 15 is 0 Å². The van der Waals surface area contributed by atoms with Crippen LogP contribution >= 0.6 is 11.3 Å². The summed E-state index contributed by atoms with van der Waals surface area (Å²) in [7, 11) is 0. The SMILES string of the molecule is C=CCn1c(NCc2ccc(C)o2)nc2sc3c(c2c1=O)CCCC3. The average molecular weight is 355 g/mol. The van der Waals surface area contributed by atoms with E-state index in [4.69, 9.17) is 9.40 Å². The average Bonchev–Trinajstić information content (AvgIpc) is 3.19. The molecule has 0 amide bonds. The van der Waals surface area contributed by atoms with Crippen LogP contribution in [0.25, 0.3) is 10.2 Å². The highest BCUT2D eigenvalue weighted by Crippen LogP contribution is 2.34. The van der Waals surface area contributed by atoms with Crippen LogP contribution in [0.15, 0.2) is 34.0 Å². The van der Waals surface area contributed by atoms with Crippen molar-refractivity contribution in [2.45, 2.75) is 45.7 Å². The molecule has 130 valence electrons. The number of hydrogen-bond donors (Lipinski definition) is 1. The van der Waals surface area contributed by atoms with Crippen molar-refractivity contribution < 1.29 is 4.42 Å². The molecule has 0 saturated heterocycles. The summed E-state index contributed by atoms with van der Waals surface area (Å²) in [5.74, 6) is 2.27. The highest BCUT2D eigenvalue weighted by Gasteiger charge is 2.21. The second-order valence-corrected chi connectivity index (χ2v) is 7.48. The van der Waals surface area contributed by atoms with E-state index in [0.29, 0.717) is 19.0 Å². The van der Waals surface area contributed by atoms with Gasteiger partial charge in [0.25, 0.3) is 5.56 Å². The van der Waals surface area contributed by atoms with Crippen LogP contribution in [-0.2, 0) is 25.9 Å². The van der Waals surface area contributed by atoms with Crippen LogP contribution in [-0.4, -0.2) is 9.55 Å². The third-order valence-electron chi connectivity index (χ3n) is 4.60. The first-order valence-electron chi connectivity index (χ1n) is 8.62. The summed E-state index contributed by atoms with van der Waals surface area (Å²) in [5.41, 5.74) is 1.25. The summed E-state index contributed by atoms with van der Waals surface area (Å²) >= 11 is 1.67. The lowest BCUT2D eigenvalue weighted by atomic mass is 9.97. The molecule has 3 aromatic heterocycles. The van der Waals surface area contributed by atoms with Crippen molar-refractivity contribution in [1.82, 2.24) is 9.55 Å². The number of furan rings is 1. The number of nitrogens with one attached hydrogen (secondary N) is 1. The number of aryl methyl sites for hydroxylation is 3. The van der Waals surface area contributed by atoms with Crippen LogP contribution in [0.5, 0.6) is 0 Å². The van der Waals surface area contributed by atoms with Gasteiger partial charge < -0.3 is 9.73 Å². The molecule has 0 bridgehead atoms. The second kappa shape index (κ2) is 6.52. The van der Waals surface area contributed by atoms with E-state index in [9.17, 15) is 4.79 Å². The summed E-state index contributed by atoms with van der Waals surface area (Å²) in [4.78, 5) is 20.0. The molecule has 0 atom stereocenters. The van der Waals surface area contributed by atoms with Crippen LogP contribution in [0.1, 0.15) is 34.8 Å². The summed E-state index contributed by atoms with van der Waals surface area (Å²) in [6.45, 7) is 6.63. The Kier molecular flexibility index (Phi) is 4.21. The fourth-order valence-corrected chi connectivity index (χ4v) is 4.67. The van der Waals surface area contributed by atoms with Gasteiger partial charge in [0.1, 0.15) is 16.4 Å². The van der Waals surface area contributed by atoms with Crippen LogP contribution in [0.4, 0.5) is 5.95 Å². The fraction of sp³-hybridized carbons (Fsp3) is 0.368. The van der Waals surface area contributed by atoms with Gasteiger partial charge in [0.15, 0.2) is 0 Å². The van der Waals surface area contributed by atoms with E-state index in [1.807, 2.05) is 19.1 Å². The Labute approximate surface area is 150 Å². The molecular weight excluding hydrogens is 334 g/mol. The zero-order valence-electron chi connectivity index (χ0n) is 14.3. The first-order chi connectivity index (χ1) is 12.2. The number of hydrogen-bond acceptors (Lipinski definition) is 5. The highest BCUT2D eigenvalue weighted by molar-refractivity contribution is 7.18. The molecule has 1 N–H and O–H groups in total. The second-order valence-electron chi connectivity index (χ2n) is 6.40. The summed E-state index contributed by atoms with van der Waals surface area (Å²) in [6.07, 6.45) is 6.13. The van der Waals surface area contributed by atoms with Gasteiger partial charge in [-0.25, -0.2) is 4.98 Å². The van der Waals surface area contributed by atoms with Gasteiger partial charge in [0.05, 0.1) is 11.9 Å². The van der Waals surface area contributed by atoms with Crippen molar-refractivity contribution >= 4 is 27.5 Å². The smallest absolute Gasteiger partial charge is 0.264 e. The minimum atomic E-state index is 0.0300. The van der Waals surface area contributed by atoms with Gasteiger partial charge in [-0.2, -0.15) is 0 Å². The number of allylic oxidation sites excluding steroid dienone is 1.